The second kappa shape index (κ2) is 3.66. The number of carbonyl (C=O) groups excluding carboxylic acids is 2. The van der Waals surface area contributed by atoms with Crippen molar-refractivity contribution in [2.45, 2.75) is 30.5 Å². The van der Waals surface area contributed by atoms with Gasteiger partial charge in [0.1, 0.15) is 5.54 Å². The minimum atomic E-state index is -2.15. The first-order valence-corrected chi connectivity index (χ1v) is 5.53. The third kappa shape index (κ3) is 1.46. The summed E-state index contributed by atoms with van der Waals surface area (Å²) in [7, 11) is 2.34. The first kappa shape index (κ1) is 12.3. The van der Waals surface area contributed by atoms with Gasteiger partial charge in [-0.3, -0.25) is 4.79 Å². The van der Waals surface area contributed by atoms with E-state index in [2.05, 4.69) is 9.47 Å². The number of methoxy groups -OCH3 is 2. The molecule has 0 saturated heterocycles. The number of hydrogen-bond donors (Lipinski definition) is 1. The lowest BCUT2D eigenvalue weighted by atomic mass is 9.73. The largest absolute Gasteiger partial charge is 0.468 e. The van der Waals surface area contributed by atoms with E-state index in [0.29, 0.717) is 12.8 Å². The fourth-order valence-electron chi connectivity index (χ4n) is 3.37. The van der Waals surface area contributed by atoms with E-state index in [-0.39, 0.29) is 12.3 Å². The van der Waals surface area contributed by atoms with E-state index >= 15 is 0 Å². The van der Waals surface area contributed by atoms with Gasteiger partial charge in [-0.25, -0.2) is 9.18 Å². The van der Waals surface area contributed by atoms with Crippen molar-refractivity contribution < 1.29 is 23.5 Å². The van der Waals surface area contributed by atoms with Crippen molar-refractivity contribution >= 4 is 11.9 Å². The predicted octanol–water partition coefficient (Wildman–Crippen LogP) is 0.168. The van der Waals surface area contributed by atoms with Gasteiger partial charge in [0.2, 0.25) is 5.67 Å². The molecule has 5 nitrogen and oxygen atoms in total. The summed E-state index contributed by atoms with van der Waals surface area (Å²) in [5.74, 6) is -2.51. The van der Waals surface area contributed by atoms with Gasteiger partial charge in [0.05, 0.1) is 14.2 Å². The van der Waals surface area contributed by atoms with Crippen LogP contribution in [-0.2, 0) is 19.1 Å². The van der Waals surface area contributed by atoms with Crippen LogP contribution in [0, 0.1) is 11.8 Å². The van der Waals surface area contributed by atoms with E-state index < -0.39 is 29.1 Å². The first-order valence-electron chi connectivity index (χ1n) is 5.53. The van der Waals surface area contributed by atoms with Gasteiger partial charge >= 0.3 is 11.9 Å². The third-order valence-corrected chi connectivity index (χ3v) is 4.05. The minimum absolute atomic E-state index is 0.0619. The van der Waals surface area contributed by atoms with Crippen LogP contribution in [0.4, 0.5) is 4.39 Å². The highest BCUT2D eigenvalue weighted by Gasteiger charge is 2.69. The Morgan fingerprint density at radius 3 is 2.29 bits per heavy atom. The smallest absolute Gasteiger partial charge is 0.344 e. The zero-order valence-electron chi connectivity index (χ0n) is 9.86. The maximum absolute atomic E-state index is 14.6. The normalized spacial score (nSPS) is 43.5. The summed E-state index contributed by atoms with van der Waals surface area (Å²) in [6.07, 6.45) is 0.879. The number of carbonyl (C=O) groups is 2. The molecule has 0 aromatic rings. The van der Waals surface area contributed by atoms with Crippen molar-refractivity contribution in [1.29, 1.82) is 0 Å². The van der Waals surface area contributed by atoms with Crippen LogP contribution < -0.4 is 5.73 Å². The molecule has 0 radical (unpaired) electrons. The van der Waals surface area contributed by atoms with Crippen molar-refractivity contribution in [3.05, 3.63) is 0 Å². The van der Waals surface area contributed by atoms with Crippen LogP contribution in [0.15, 0.2) is 0 Å². The van der Waals surface area contributed by atoms with Gasteiger partial charge in [-0.15, -0.1) is 0 Å². The predicted molar refractivity (Wildman–Crippen MR) is 55.6 cm³/mol. The third-order valence-electron chi connectivity index (χ3n) is 4.05. The van der Waals surface area contributed by atoms with Gasteiger partial charge in [0.15, 0.2) is 0 Å². The fourth-order valence-corrected chi connectivity index (χ4v) is 3.37. The standard InChI is InChI=1S/C11H16FNO4/c1-16-8(14)10(12)4-6-3-7(10)11(13,5-6)9(15)17-2/h6-7H,3-5,13H2,1-2H3/t6-,7+,10-,11-/m0/s1. The highest BCUT2D eigenvalue weighted by molar-refractivity contribution is 5.87. The molecule has 0 unspecified atom stereocenters. The van der Waals surface area contributed by atoms with Crippen LogP contribution in [0.25, 0.3) is 0 Å². The minimum Gasteiger partial charge on any atom is -0.468 e. The molecule has 2 bridgehead atoms. The van der Waals surface area contributed by atoms with Gasteiger partial charge in [0.25, 0.3) is 0 Å². The second-order valence-electron chi connectivity index (χ2n) is 4.95. The molecule has 0 heterocycles. The Morgan fingerprint density at radius 2 is 1.82 bits per heavy atom. The summed E-state index contributed by atoms with van der Waals surface area (Å²) in [6, 6.07) is 0. The Balaban J connectivity index is 2.33. The van der Waals surface area contributed by atoms with Crippen LogP contribution in [0.1, 0.15) is 19.3 Å². The molecule has 0 amide bonds. The highest BCUT2D eigenvalue weighted by Crippen LogP contribution is 2.57. The number of fused-ring (bicyclic) bond motifs is 2. The quantitative estimate of drug-likeness (QED) is 0.701. The van der Waals surface area contributed by atoms with E-state index in [0.717, 1.165) is 7.11 Å². The molecule has 2 aliphatic rings. The molecule has 2 rings (SSSR count). The monoisotopic (exact) mass is 245 g/mol. The topological polar surface area (TPSA) is 78.6 Å². The summed E-state index contributed by atoms with van der Waals surface area (Å²) in [4.78, 5) is 23.2. The van der Waals surface area contributed by atoms with Crippen molar-refractivity contribution in [2.75, 3.05) is 14.2 Å². The van der Waals surface area contributed by atoms with Crippen molar-refractivity contribution in [3.8, 4) is 0 Å². The zero-order chi connectivity index (χ0) is 12.8. The fraction of sp³-hybridized carbons (Fsp3) is 0.818. The summed E-state index contributed by atoms with van der Waals surface area (Å²) in [6.45, 7) is 0. The summed E-state index contributed by atoms with van der Waals surface area (Å²) in [5, 5.41) is 0. The molecule has 0 aromatic heterocycles. The van der Waals surface area contributed by atoms with Crippen molar-refractivity contribution in [2.24, 2.45) is 17.6 Å². The van der Waals surface area contributed by atoms with Gasteiger partial charge in [-0.05, 0) is 25.2 Å². The van der Waals surface area contributed by atoms with Crippen LogP contribution in [0.2, 0.25) is 0 Å². The zero-order valence-corrected chi connectivity index (χ0v) is 9.86. The number of ether oxygens (including phenoxy) is 2. The summed E-state index contributed by atoms with van der Waals surface area (Å²) in [5.41, 5.74) is 2.39. The van der Waals surface area contributed by atoms with Gasteiger partial charge in [-0.2, -0.15) is 0 Å². The SMILES string of the molecule is COC(=O)[C@]1(N)C[C@H]2C[C@@H]1[C@](F)(C(=O)OC)C2. The number of hydrogen-bond acceptors (Lipinski definition) is 5. The molecule has 96 valence electrons. The molecule has 0 spiro atoms. The molecule has 2 fully saturated rings. The second-order valence-corrected chi connectivity index (χ2v) is 4.95. The average Bonchev–Trinajstić information content (AvgIpc) is 2.81. The van der Waals surface area contributed by atoms with Crippen molar-refractivity contribution in [1.82, 2.24) is 0 Å². The maximum Gasteiger partial charge on any atom is 0.344 e. The van der Waals surface area contributed by atoms with Crippen LogP contribution >= 0.6 is 0 Å². The molecule has 2 N–H and O–H groups in total. The Kier molecular flexibility index (Phi) is 2.65. The lowest BCUT2D eigenvalue weighted by molar-refractivity contribution is -0.166. The molecule has 6 heteroatoms. The number of halogens is 1. The Hall–Kier alpha value is -1.17. The first-order chi connectivity index (χ1) is 7.88. The molecule has 17 heavy (non-hydrogen) atoms. The molecular formula is C11H16FNO4. The molecule has 2 aliphatic carbocycles. The number of rotatable bonds is 2. The van der Waals surface area contributed by atoms with Crippen molar-refractivity contribution in [3.63, 3.8) is 0 Å². The lowest BCUT2D eigenvalue weighted by Gasteiger charge is -2.38. The van der Waals surface area contributed by atoms with Gasteiger partial charge < -0.3 is 15.2 Å². The average molecular weight is 245 g/mol. The van der Waals surface area contributed by atoms with Gasteiger partial charge in [0, 0.05) is 5.92 Å². The van der Waals surface area contributed by atoms with E-state index in [1.54, 1.807) is 0 Å². The number of alkyl halides is 1. The van der Waals surface area contributed by atoms with E-state index in [4.69, 9.17) is 5.73 Å². The van der Waals surface area contributed by atoms with Gasteiger partial charge in [-0.1, -0.05) is 0 Å². The van der Waals surface area contributed by atoms with Crippen LogP contribution in [-0.4, -0.2) is 37.4 Å². The number of esters is 2. The molecular weight excluding hydrogens is 229 g/mol. The van der Waals surface area contributed by atoms with E-state index in [1.165, 1.54) is 7.11 Å². The molecule has 4 atom stereocenters. The van der Waals surface area contributed by atoms with Crippen LogP contribution in [0.5, 0.6) is 0 Å². The summed E-state index contributed by atoms with van der Waals surface area (Å²) >= 11 is 0. The Morgan fingerprint density at radius 1 is 1.24 bits per heavy atom. The Bertz CT molecular complexity index is 342. The molecule has 0 aromatic carbocycles. The van der Waals surface area contributed by atoms with E-state index in [9.17, 15) is 14.0 Å². The van der Waals surface area contributed by atoms with Crippen LogP contribution in [0.3, 0.4) is 0 Å². The highest BCUT2D eigenvalue weighted by atomic mass is 19.1. The molecule has 0 aliphatic heterocycles. The Labute approximate surface area is 98.4 Å². The lowest BCUT2D eigenvalue weighted by Crippen LogP contribution is -2.61. The summed E-state index contributed by atoms with van der Waals surface area (Å²) < 4.78 is 23.7. The number of nitrogens with two attached hydrogens (primary N) is 1. The van der Waals surface area contributed by atoms with E-state index in [1.807, 2.05) is 0 Å². The molecule has 2 saturated carbocycles. The maximum atomic E-state index is 14.6.